The molecule has 2 aliphatic heterocycles. The van der Waals surface area contributed by atoms with Gasteiger partial charge in [-0.15, -0.1) is 11.3 Å². The maximum absolute atomic E-state index is 12.7. The molecule has 0 N–H and O–H groups in total. The lowest BCUT2D eigenvalue weighted by atomic mass is 9.96. The third-order valence-electron chi connectivity index (χ3n) is 4.18. The topological polar surface area (TPSA) is 40.6 Å². The van der Waals surface area contributed by atoms with Gasteiger partial charge in [-0.1, -0.05) is 0 Å². The number of fused-ring (bicyclic) bond motifs is 1. The van der Waals surface area contributed by atoms with Gasteiger partial charge in [0.1, 0.15) is 12.1 Å². The van der Waals surface area contributed by atoms with Gasteiger partial charge in [0, 0.05) is 15.9 Å². The van der Waals surface area contributed by atoms with E-state index in [2.05, 4.69) is 15.9 Å². The maximum Gasteiger partial charge on any atom is 0.246 e. The van der Waals surface area contributed by atoms with E-state index in [1.165, 1.54) is 0 Å². The molecule has 0 saturated carbocycles. The Morgan fingerprint density at radius 1 is 1.35 bits per heavy atom. The fourth-order valence-corrected chi connectivity index (χ4v) is 4.49. The fraction of sp³-hybridized carbons (Fsp3) is 0.571. The average Bonchev–Trinajstić information content (AvgIpc) is 2.86. The standard InChI is InChI=1S/C14H17BrN2O2S/c1-9-13(18)16-6-3-2-4-11(16)14(19)17(9)8-12-10(15)5-7-20-12/h5,7,9,11H,2-4,6,8H2,1H3. The van der Waals surface area contributed by atoms with Gasteiger partial charge in [0.2, 0.25) is 11.8 Å². The first-order valence-corrected chi connectivity index (χ1v) is 8.59. The molecule has 6 heteroatoms. The SMILES string of the molecule is CC1C(=O)N2CCCCC2C(=O)N1Cc1sccc1Br. The van der Waals surface area contributed by atoms with Crippen molar-refractivity contribution in [3.05, 3.63) is 20.8 Å². The third kappa shape index (κ3) is 2.29. The minimum absolute atomic E-state index is 0.0991. The lowest BCUT2D eigenvalue weighted by molar-refractivity contribution is -0.163. The highest BCUT2D eigenvalue weighted by molar-refractivity contribution is 9.10. The number of thiophene rings is 1. The molecule has 108 valence electrons. The summed E-state index contributed by atoms with van der Waals surface area (Å²) >= 11 is 5.11. The largest absolute Gasteiger partial charge is 0.329 e. The number of piperidine rings is 1. The highest BCUT2D eigenvalue weighted by Crippen LogP contribution is 2.30. The van der Waals surface area contributed by atoms with Crippen LogP contribution < -0.4 is 0 Å². The fourth-order valence-electron chi connectivity index (χ4n) is 3.02. The molecule has 0 bridgehead atoms. The van der Waals surface area contributed by atoms with Gasteiger partial charge < -0.3 is 9.80 Å². The number of halogens is 1. The number of amides is 2. The Morgan fingerprint density at radius 3 is 2.85 bits per heavy atom. The second kappa shape index (κ2) is 5.48. The summed E-state index contributed by atoms with van der Waals surface area (Å²) in [5.74, 6) is 0.207. The molecule has 2 saturated heterocycles. The van der Waals surface area contributed by atoms with E-state index in [9.17, 15) is 9.59 Å². The lowest BCUT2D eigenvalue weighted by Crippen LogP contribution is -2.64. The second-order valence-electron chi connectivity index (χ2n) is 5.38. The monoisotopic (exact) mass is 356 g/mol. The molecule has 4 nitrogen and oxygen atoms in total. The second-order valence-corrected chi connectivity index (χ2v) is 7.23. The summed E-state index contributed by atoms with van der Waals surface area (Å²) in [6.45, 7) is 3.09. The van der Waals surface area contributed by atoms with Crippen molar-refractivity contribution in [1.82, 2.24) is 9.80 Å². The minimum Gasteiger partial charge on any atom is -0.329 e. The molecule has 2 amide bonds. The molecule has 2 fully saturated rings. The molecule has 1 aromatic heterocycles. The van der Waals surface area contributed by atoms with Gasteiger partial charge in [0.15, 0.2) is 0 Å². The zero-order valence-electron chi connectivity index (χ0n) is 11.3. The number of hydrogen-bond acceptors (Lipinski definition) is 3. The maximum atomic E-state index is 12.7. The summed E-state index contributed by atoms with van der Waals surface area (Å²) in [7, 11) is 0. The van der Waals surface area contributed by atoms with Gasteiger partial charge in [-0.2, -0.15) is 0 Å². The smallest absolute Gasteiger partial charge is 0.246 e. The molecule has 0 radical (unpaired) electrons. The first kappa shape index (κ1) is 14.1. The summed E-state index contributed by atoms with van der Waals surface area (Å²) in [4.78, 5) is 29.8. The number of carbonyl (C=O) groups is 2. The Morgan fingerprint density at radius 2 is 2.15 bits per heavy atom. The van der Waals surface area contributed by atoms with E-state index < -0.39 is 0 Å². The van der Waals surface area contributed by atoms with E-state index in [-0.39, 0.29) is 23.9 Å². The van der Waals surface area contributed by atoms with Crippen molar-refractivity contribution in [2.45, 2.75) is 44.8 Å². The first-order valence-electron chi connectivity index (χ1n) is 6.92. The first-order chi connectivity index (χ1) is 9.59. The van der Waals surface area contributed by atoms with Crippen LogP contribution in [0, 0.1) is 0 Å². The molecule has 2 unspecified atom stereocenters. The van der Waals surface area contributed by atoms with Gasteiger partial charge >= 0.3 is 0 Å². The minimum atomic E-state index is -0.356. The van der Waals surface area contributed by atoms with E-state index in [0.717, 1.165) is 35.2 Å². The predicted molar refractivity (Wildman–Crippen MR) is 81.4 cm³/mol. The van der Waals surface area contributed by atoms with Crippen molar-refractivity contribution in [2.24, 2.45) is 0 Å². The van der Waals surface area contributed by atoms with Crippen LogP contribution in [-0.4, -0.2) is 40.2 Å². The van der Waals surface area contributed by atoms with Crippen LogP contribution in [0.5, 0.6) is 0 Å². The summed E-state index contributed by atoms with van der Waals surface area (Å²) in [5, 5.41) is 1.99. The molecule has 2 aliphatic rings. The zero-order chi connectivity index (χ0) is 14.3. The molecule has 3 heterocycles. The molecule has 1 aromatic rings. The molecular formula is C14H17BrN2O2S. The van der Waals surface area contributed by atoms with Crippen molar-refractivity contribution in [3.63, 3.8) is 0 Å². The Bertz CT molecular complexity index is 545. The van der Waals surface area contributed by atoms with Gasteiger partial charge in [-0.05, 0) is 53.6 Å². The van der Waals surface area contributed by atoms with E-state index in [4.69, 9.17) is 0 Å². The van der Waals surface area contributed by atoms with Crippen LogP contribution in [0.3, 0.4) is 0 Å². The summed E-state index contributed by atoms with van der Waals surface area (Å²) < 4.78 is 1.01. The number of piperazine rings is 1. The number of carbonyl (C=O) groups excluding carboxylic acids is 2. The van der Waals surface area contributed by atoms with Crippen LogP contribution >= 0.6 is 27.3 Å². The van der Waals surface area contributed by atoms with E-state index in [0.29, 0.717) is 6.54 Å². The van der Waals surface area contributed by atoms with Crippen molar-refractivity contribution < 1.29 is 9.59 Å². The van der Waals surface area contributed by atoms with Crippen LogP contribution in [0.2, 0.25) is 0 Å². The third-order valence-corrected chi connectivity index (χ3v) is 6.10. The molecule has 3 rings (SSSR count). The Hall–Kier alpha value is -0.880. The van der Waals surface area contributed by atoms with Crippen molar-refractivity contribution >= 4 is 39.1 Å². The van der Waals surface area contributed by atoms with E-state index >= 15 is 0 Å². The van der Waals surface area contributed by atoms with Crippen LogP contribution in [-0.2, 0) is 16.1 Å². The van der Waals surface area contributed by atoms with Crippen LogP contribution in [0.4, 0.5) is 0 Å². The van der Waals surface area contributed by atoms with Gasteiger partial charge in [-0.25, -0.2) is 0 Å². The number of hydrogen-bond donors (Lipinski definition) is 0. The predicted octanol–water partition coefficient (Wildman–Crippen LogP) is 2.62. The molecule has 20 heavy (non-hydrogen) atoms. The van der Waals surface area contributed by atoms with Gasteiger partial charge in [0.25, 0.3) is 0 Å². The highest BCUT2D eigenvalue weighted by Gasteiger charge is 2.44. The van der Waals surface area contributed by atoms with E-state index in [1.54, 1.807) is 21.1 Å². The summed E-state index contributed by atoms with van der Waals surface area (Å²) in [5.41, 5.74) is 0. The van der Waals surface area contributed by atoms with Crippen molar-refractivity contribution in [3.8, 4) is 0 Å². The summed E-state index contributed by atoms with van der Waals surface area (Å²) in [6.07, 6.45) is 2.85. The Labute approximate surface area is 130 Å². The molecular weight excluding hydrogens is 340 g/mol. The molecule has 0 aliphatic carbocycles. The van der Waals surface area contributed by atoms with Crippen LogP contribution in [0.25, 0.3) is 0 Å². The molecule has 2 atom stereocenters. The Kier molecular flexibility index (Phi) is 3.86. The van der Waals surface area contributed by atoms with Crippen LogP contribution in [0.1, 0.15) is 31.1 Å². The lowest BCUT2D eigenvalue weighted by Gasteiger charge is -2.46. The number of rotatable bonds is 2. The quantitative estimate of drug-likeness (QED) is 0.817. The summed E-state index contributed by atoms with van der Waals surface area (Å²) in [6, 6.07) is 1.39. The number of nitrogens with zero attached hydrogens (tertiary/aromatic N) is 2. The highest BCUT2D eigenvalue weighted by atomic mass is 79.9. The molecule has 0 aromatic carbocycles. The van der Waals surface area contributed by atoms with Crippen LogP contribution in [0.15, 0.2) is 15.9 Å². The van der Waals surface area contributed by atoms with Gasteiger partial charge in [-0.3, -0.25) is 9.59 Å². The van der Waals surface area contributed by atoms with Crippen molar-refractivity contribution in [1.29, 1.82) is 0 Å². The van der Waals surface area contributed by atoms with Gasteiger partial charge in [0.05, 0.1) is 6.54 Å². The zero-order valence-corrected chi connectivity index (χ0v) is 13.7. The normalized spacial score (nSPS) is 26.9. The Balaban J connectivity index is 1.85. The molecule has 0 spiro atoms. The van der Waals surface area contributed by atoms with E-state index in [1.807, 2.05) is 18.4 Å². The average molecular weight is 357 g/mol. The van der Waals surface area contributed by atoms with Crippen molar-refractivity contribution in [2.75, 3.05) is 6.54 Å².